The predicted octanol–water partition coefficient (Wildman–Crippen LogP) is 1.82. The SMILES string of the molecule is CCc1nn(C)cc1CNC(=O)NCC(O)c1ccccc1C. The molecular formula is C17H24N4O2. The van der Waals surface area contributed by atoms with Crippen LogP contribution in [0.1, 0.15) is 35.4 Å². The Kier molecular flexibility index (Phi) is 5.76. The van der Waals surface area contributed by atoms with Crippen molar-refractivity contribution in [1.29, 1.82) is 0 Å². The molecule has 0 saturated carbocycles. The Labute approximate surface area is 136 Å². The van der Waals surface area contributed by atoms with Gasteiger partial charge in [-0.05, 0) is 24.5 Å². The number of nitrogens with one attached hydrogen (secondary N) is 2. The third-order valence-corrected chi connectivity index (χ3v) is 3.77. The maximum Gasteiger partial charge on any atom is 0.315 e. The Hall–Kier alpha value is -2.34. The van der Waals surface area contributed by atoms with Gasteiger partial charge in [0.1, 0.15) is 0 Å². The lowest BCUT2D eigenvalue weighted by Gasteiger charge is -2.15. The van der Waals surface area contributed by atoms with Crippen molar-refractivity contribution in [3.63, 3.8) is 0 Å². The zero-order valence-corrected chi connectivity index (χ0v) is 13.8. The third-order valence-electron chi connectivity index (χ3n) is 3.77. The molecule has 1 aromatic heterocycles. The average molecular weight is 316 g/mol. The quantitative estimate of drug-likeness (QED) is 0.760. The smallest absolute Gasteiger partial charge is 0.315 e. The summed E-state index contributed by atoms with van der Waals surface area (Å²) in [5.41, 5.74) is 3.82. The minimum absolute atomic E-state index is 0.171. The Bertz CT molecular complexity index is 666. The van der Waals surface area contributed by atoms with E-state index in [4.69, 9.17) is 0 Å². The molecular weight excluding hydrogens is 292 g/mol. The molecule has 0 aliphatic heterocycles. The van der Waals surface area contributed by atoms with Gasteiger partial charge in [0.15, 0.2) is 0 Å². The number of carbonyl (C=O) groups excluding carboxylic acids is 1. The van der Waals surface area contributed by atoms with E-state index in [2.05, 4.69) is 15.7 Å². The number of carbonyl (C=O) groups is 1. The fourth-order valence-corrected chi connectivity index (χ4v) is 2.53. The van der Waals surface area contributed by atoms with Crippen LogP contribution in [0.4, 0.5) is 4.79 Å². The van der Waals surface area contributed by atoms with Crippen LogP contribution in [-0.2, 0) is 20.0 Å². The second-order valence-electron chi connectivity index (χ2n) is 5.56. The van der Waals surface area contributed by atoms with Crippen LogP contribution in [-0.4, -0.2) is 27.5 Å². The molecule has 0 bridgehead atoms. The van der Waals surface area contributed by atoms with Crippen molar-refractivity contribution in [2.24, 2.45) is 7.05 Å². The summed E-state index contributed by atoms with van der Waals surface area (Å²) >= 11 is 0. The van der Waals surface area contributed by atoms with Crippen LogP contribution >= 0.6 is 0 Å². The van der Waals surface area contributed by atoms with Gasteiger partial charge in [-0.2, -0.15) is 5.10 Å². The molecule has 124 valence electrons. The number of aliphatic hydroxyl groups is 1. The van der Waals surface area contributed by atoms with E-state index in [-0.39, 0.29) is 12.6 Å². The Morgan fingerprint density at radius 2 is 2.09 bits per heavy atom. The van der Waals surface area contributed by atoms with E-state index in [0.717, 1.165) is 28.8 Å². The largest absolute Gasteiger partial charge is 0.387 e. The van der Waals surface area contributed by atoms with Crippen molar-refractivity contribution in [3.05, 3.63) is 52.8 Å². The van der Waals surface area contributed by atoms with Crippen LogP contribution in [0.3, 0.4) is 0 Å². The monoisotopic (exact) mass is 316 g/mol. The summed E-state index contributed by atoms with van der Waals surface area (Å²) in [5.74, 6) is 0. The van der Waals surface area contributed by atoms with E-state index in [1.165, 1.54) is 0 Å². The predicted molar refractivity (Wildman–Crippen MR) is 89.0 cm³/mol. The van der Waals surface area contributed by atoms with Crippen LogP contribution in [0.25, 0.3) is 0 Å². The summed E-state index contributed by atoms with van der Waals surface area (Å²) in [6.45, 7) is 4.56. The normalized spacial score (nSPS) is 12.0. The molecule has 3 N–H and O–H groups in total. The summed E-state index contributed by atoms with van der Waals surface area (Å²) in [6.07, 6.45) is 2.01. The number of aryl methyl sites for hydroxylation is 3. The lowest BCUT2D eigenvalue weighted by Crippen LogP contribution is -2.37. The highest BCUT2D eigenvalue weighted by molar-refractivity contribution is 5.73. The number of nitrogens with zero attached hydrogens (tertiary/aromatic N) is 2. The van der Waals surface area contributed by atoms with Gasteiger partial charge in [-0.3, -0.25) is 4.68 Å². The van der Waals surface area contributed by atoms with Crippen LogP contribution in [0.2, 0.25) is 0 Å². The van der Waals surface area contributed by atoms with Gasteiger partial charge in [0.25, 0.3) is 0 Å². The fraction of sp³-hybridized carbons (Fsp3) is 0.412. The maximum absolute atomic E-state index is 11.9. The van der Waals surface area contributed by atoms with Gasteiger partial charge < -0.3 is 15.7 Å². The molecule has 0 spiro atoms. The minimum Gasteiger partial charge on any atom is -0.387 e. The number of aromatic nitrogens is 2. The second kappa shape index (κ2) is 7.78. The van der Waals surface area contributed by atoms with Gasteiger partial charge in [0.2, 0.25) is 0 Å². The number of benzene rings is 1. The van der Waals surface area contributed by atoms with Crippen molar-refractivity contribution in [3.8, 4) is 0 Å². The molecule has 2 aromatic rings. The van der Waals surface area contributed by atoms with E-state index >= 15 is 0 Å². The van der Waals surface area contributed by atoms with Crippen LogP contribution in [0.15, 0.2) is 30.5 Å². The summed E-state index contributed by atoms with van der Waals surface area (Å²) in [4.78, 5) is 11.9. The minimum atomic E-state index is -0.716. The molecule has 0 radical (unpaired) electrons. The Morgan fingerprint density at radius 3 is 2.78 bits per heavy atom. The van der Waals surface area contributed by atoms with Crippen molar-refractivity contribution in [1.82, 2.24) is 20.4 Å². The molecule has 0 fully saturated rings. The summed E-state index contributed by atoms with van der Waals surface area (Å²) in [5, 5.41) is 20.0. The lowest BCUT2D eigenvalue weighted by molar-refractivity contribution is 0.172. The number of hydrogen-bond donors (Lipinski definition) is 3. The first kappa shape index (κ1) is 17.0. The summed E-state index contributed by atoms with van der Waals surface area (Å²) in [6, 6.07) is 7.30. The highest BCUT2D eigenvalue weighted by Crippen LogP contribution is 2.16. The van der Waals surface area contributed by atoms with Gasteiger partial charge >= 0.3 is 6.03 Å². The average Bonchev–Trinajstić information content (AvgIpc) is 2.91. The first-order chi connectivity index (χ1) is 11.0. The highest BCUT2D eigenvalue weighted by atomic mass is 16.3. The molecule has 1 unspecified atom stereocenters. The van der Waals surface area contributed by atoms with E-state index < -0.39 is 6.10 Å². The van der Waals surface area contributed by atoms with Crippen LogP contribution in [0.5, 0.6) is 0 Å². The van der Waals surface area contributed by atoms with Gasteiger partial charge in [-0.15, -0.1) is 0 Å². The van der Waals surface area contributed by atoms with E-state index in [0.29, 0.717) is 6.54 Å². The number of amides is 2. The molecule has 0 aliphatic rings. The van der Waals surface area contributed by atoms with Gasteiger partial charge in [0, 0.05) is 31.9 Å². The van der Waals surface area contributed by atoms with E-state index in [9.17, 15) is 9.90 Å². The molecule has 2 rings (SSSR count). The molecule has 0 aliphatic carbocycles. The molecule has 6 heteroatoms. The van der Waals surface area contributed by atoms with E-state index in [1.807, 2.05) is 51.4 Å². The summed E-state index contributed by atoms with van der Waals surface area (Å²) < 4.78 is 1.75. The van der Waals surface area contributed by atoms with Crippen LogP contribution < -0.4 is 10.6 Å². The Balaban J connectivity index is 1.82. The fourth-order valence-electron chi connectivity index (χ4n) is 2.53. The van der Waals surface area contributed by atoms with Gasteiger partial charge in [-0.1, -0.05) is 31.2 Å². The first-order valence-electron chi connectivity index (χ1n) is 7.78. The van der Waals surface area contributed by atoms with Gasteiger partial charge in [-0.25, -0.2) is 4.79 Å². The molecule has 1 heterocycles. The molecule has 2 amide bonds. The maximum atomic E-state index is 11.9. The topological polar surface area (TPSA) is 79.2 Å². The Morgan fingerprint density at radius 1 is 1.35 bits per heavy atom. The number of urea groups is 1. The standard InChI is InChI=1S/C17H24N4O2/c1-4-15-13(11-21(3)20-15)9-18-17(23)19-10-16(22)14-8-6-5-7-12(14)2/h5-8,11,16,22H,4,9-10H2,1-3H3,(H2,18,19,23). The molecule has 0 saturated heterocycles. The zero-order chi connectivity index (χ0) is 16.8. The zero-order valence-electron chi connectivity index (χ0n) is 13.8. The highest BCUT2D eigenvalue weighted by Gasteiger charge is 2.12. The van der Waals surface area contributed by atoms with Crippen molar-refractivity contribution < 1.29 is 9.90 Å². The molecule has 23 heavy (non-hydrogen) atoms. The molecule has 6 nitrogen and oxygen atoms in total. The third kappa shape index (κ3) is 4.56. The van der Waals surface area contributed by atoms with Crippen LogP contribution in [0, 0.1) is 6.92 Å². The molecule has 1 aromatic carbocycles. The number of rotatable bonds is 6. The van der Waals surface area contributed by atoms with Crippen molar-refractivity contribution in [2.75, 3.05) is 6.54 Å². The summed E-state index contributed by atoms with van der Waals surface area (Å²) in [7, 11) is 1.86. The second-order valence-corrected chi connectivity index (χ2v) is 5.56. The van der Waals surface area contributed by atoms with E-state index in [1.54, 1.807) is 4.68 Å². The molecule has 1 atom stereocenters. The van der Waals surface area contributed by atoms with Crippen molar-refractivity contribution >= 4 is 6.03 Å². The first-order valence-corrected chi connectivity index (χ1v) is 7.78. The number of aliphatic hydroxyl groups excluding tert-OH is 1. The van der Waals surface area contributed by atoms with Crippen molar-refractivity contribution in [2.45, 2.75) is 32.9 Å². The lowest BCUT2D eigenvalue weighted by atomic mass is 10.0. The number of hydrogen-bond acceptors (Lipinski definition) is 3. The van der Waals surface area contributed by atoms with Gasteiger partial charge in [0.05, 0.1) is 11.8 Å².